The summed E-state index contributed by atoms with van der Waals surface area (Å²) in [5.41, 5.74) is 1.50. The van der Waals surface area contributed by atoms with Crippen molar-refractivity contribution in [3.05, 3.63) is 62.5 Å². The van der Waals surface area contributed by atoms with Crippen LogP contribution in [0.3, 0.4) is 0 Å². The number of thioether (sulfide) groups is 1. The minimum absolute atomic E-state index is 0.0509. The van der Waals surface area contributed by atoms with Crippen molar-refractivity contribution in [2.24, 2.45) is 0 Å². The van der Waals surface area contributed by atoms with Crippen molar-refractivity contribution in [3.63, 3.8) is 0 Å². The largest absolute Gasteiger partial charge is 0.299 e. The smallest absolute Gasteiger partial charge is 0.192 e. The van der Waals surface area contributed by atoms with Crippen LogP contribution in [0.4, 0.5) is 0 Å². The number of halogens is 3. The summed E-state index contributed by atoms with van der Waals surface area (Å²) in [6.45, 7) is 0. The number of Topliss-reactive ketones (excluding diaryl/α,β-unsaturated/α-hetero) is 1. The molecule has 1 aliphatic rings. The van der Waals surface area contributed by atoms with Gasteiger partial charge in [-0.15, -0.1) is 10.2 Å². The Morgan fingerprint density at radius 3 is 2.50 bits per heavy atom. The van der Waals surface area contributed by atoms with Crippen molar-refractivity contribution in [1.82, 2.24) is 14.8 Å². The van der Waals surface area contributed by atoms with Gasteiger partial charge in [0.15, 0.2) is 16.8 Å². The molecule has 156 valence electrons. The standard InChI is InChI=1S/C22H20BrCl2N3OS/c23-15-8-6-14(7-9-15)21-26-27-22(28(21)17-4-2-1-3-5-17)30-13-20(29)18-11-10-16(24)12-19(18)25/h6-12,17H,1-5,13H2. The lowest BCUT2D eigenvalue weighted by Gasteiger charge is -2.25. The molecule has 0 aliphatic heterocycles. The first-order chi connectivity index (χ1) is 14.5. The maximum atomic E-state index is 12.7. The van der Waals surface area contributed by atoms with Crippen molar-refractivity contribution >= 4 is 56.7 Å². The highest BCUT2D eigenvalue weighted by Gasteiger charge is 2.24. The molecule has 0 unspecified atom stereocenters. The van der Waals surface area contributed by atoms with E-state index in [0.29, 0.717) is 21.7 Å². The van der Waals surface area contributed by atoms with Gasteiger partial charge in [0, 0.05) is 26.7 Å². The highest BCUT2D eigenvalue weighted by Crippen LogP contribution is 2.36. The summed E-state index contributed by atoms with van der Waals surface area (Å²) in [4.78, 5) is 12.7. The number of rotatable bonds is 6. The Kier molecular flexibility index (Phi) is 7.19. The van der Waals surface area contributed by atoms with Gasteiger partial charge in [-0.1, -0.05) is 82.3 Å². The third kappa shape index (κ3) is 4.93. The second-order valence-corrected chi connectivity index (χ2v) is 10.0. The summed E-state index contributed by atoms with van der Waals surface area (Å²) in [6, 6.07) is 13.4. The first kappa shape index (κ1) is 21.9. The van der Waals surface area contributed by atoms with Gasteiger partial charge < -0.3 is 0 Å². The van der Waals surface area contributed by atoms with Crippen LogP contribution in [0.1, 0.15) is 48.5 Å². The fourth-order valence-electron chi connectivity index (χ4n) is 3.76. The van der Waals surface area contributed by atoms with Crippen LogP contribution in [0.15, 0.2) is 52.1 Å². The van der Waals surface area contributed by atoms with Crippen LogP contribution >= 0.6 is 50.9 Å². The van der Waals surface area contributed by atoms with E-state index in [1.165, 1.54) is 31.0 Å². The van der Waals surface area contributed by atoms with Crippen LogP contribution in [0.5, 0.6) is 0 Å². The molecule has 4 rings (SSSR count). The van der Waals surface area contributed by atoms with Crippen LogP contribution < -0.4 is 0 Å². The molecular formula is C22H20BrCl2N3OS. The lowest BCUT2D eigenvalue weighted by molar-refractivity contribution is 0.102. The van der Waals surface area contributed by atoms with E-state index in [1.54, 1.807) is 18.2 Å². The van der Waals surface area contributed by atoms with E-state index in [2.05, 4.69) is 30.7 Å². The molecule has 1 saturated carbocycles. The number of ketones is 1. The highest BCUT2D eigenvalue weighted by atomic mass is 79.9. The van der Waals surface area contributed by atoms with Gasteiger partial charge in [-0.3, -0.25) is 9.36 Å². The lowest BCUT2D eigenvalue weighted by atomic mass is 9.95. The van der Waals surface area contributed by atoms with Gasteiger partial charge in [0.2, 0.25) is 0 Å². The van der Waals surface area contributed by atoms with E-state index >= 15 is 0 Å². The lowest BCUT2D eigenvalue weighted by Crippen LogP contribution is -2.15. The number of aromatic nitrogens is 3. The molecule has 0 saturated heterocycles. The second kappa shape index (κ2) is 9.86. The van der Waals surface area contributed by atoms with E-state index in [-0.39, 0.29) is 11.5 Å². The molecule has 4 nitrogen and oxygen atoms in total. The molecule has 30 heavy (non-hydrogen) atoms. The molecule has 3 aromatic rings. The van der Waals surface area contributed by atoms with E-state index in [0.717, 1.165) is 33.9 Å². The number of nitrogens with zero attached hydrogens (tertiary/aromatic N) is 3. The van der Waals surface area contributed by atoms with Crippen LogP contribution in [-0.2, 0) is 0 Å². The second-order valence-electron chi connectivity index (χ2n) is 7.31. The average molecular weight is 525 g/mol. The van der Waals surface area contributed by atoms with E-state index in [1.807, 2.05) is 24.3 Å². The normalized spacial score (nSPS) is 14.8. The zero-order valence-corrected chi connectivity index (χ0v) is 20.1. The van der Waals surface area contributed by atoms with E-state index in [4.69, 9.17) is 23.2 Å². The number of hydrogen-bond acceptors (Lipinski definition) is 4. The number of hydrogen-bond donors (Lipinski definition) is 0. The quantitative estimate of drug-likeness (QED) is 0.247. The Morgan fingerprint density at radius 1 is 1.07 bits per heavy atom. The Labute approximate surface area is 198 Å². The Hall–Kier alpha value is -1.34. The molecule has 0 spiro atoms. The minimum Gasteiger partial charge on any atom is -0.299 e. The zero-order chi connectivity index (χ0) is 21.1. The molecule has 0 bridgehead atoms. The number of carbonyl (C=O) groups is 1. The monoisotopic (exact) mass is 523 g/mol. The summed E-state index contributed by atoms with van der Waals surface area (Å²) in [5.74, 6) is 1.05. The predicted molar refractivity (Wildman–Crippen MR) is 127 cm³/mol. The summed E-state index contributed by atoms with van der Waals surface area (Å²) in [5, 5.41) is 10.6. The van der Waals surface area contributed by atoms with Gasteiger partial charge in [-0.05, 0) is 43.2 Å². The molecule has 0 atom stereocenters. The summed E-state index contributed by atoms with van der Waals surface area (Å²) >= 11 is 17.1. The Balaban J connectivity index is 1.60. The van der Waals surface area contributed by atoms with Gasteiger partial charge in [0.05, 0.1) is 10.8 Å². The van der Waals surface area contributed by atoms with Crippen LogP contribution in [0.2, 0.25) is 10.0 Å². The van der Waals surface area contributed by atoms with Crippen LogP contribution in [0.25, 0.3) is 11.4 Å². The fourth-order valence-corrected chi connectivity index (χ4v) is 5.43. The van der Waals surface area contributed by atoms with Crippen molar-refractivity contribution < 1.29 is 4.79 Å². The average Bonchev–Trinajstić information content (AvgIpc) is 3.17. The molecule has 1 aliphatic carbocycles. The SMILES string of the molecule is O=C(CSc1nnc(-c2ccc(Br)cc2)n1C1CCCCC1)c1ccc(Cl)cc1Cl. The first-order valence-corrected chi connectivity index (χ1v) is 12.4. The highest BCUT2D eigenvalue weighted by molar-refractivity contribution is 9.10. The summed E-state index contributed by atoms with van der Waals surface area (Å²) in [6.07, 6.45) is 5.87. The predicted octanol–water partition coefficient (Wildman–Crippen LogP) is 7.49. The molecule has 2 aromatic carbocycles. The summed E-state index contributed by atoms with van der Waals surface area (Å²) < 4.78 is 3.25. The Bertz CT molecular complexity index is 1050. The van der Waals surface area contributed by atoms with E-state index in [9.17, 15) is 4.79 Å². The number of benzene rings is 2. The van der Waals surface area contributed by atoms with Gasteiger partial charge in [0.25, 0.3) is 0 Å². The number of carbonyl (C=O) groups excluding carboxylic acids is 1. The van der Waals surface area contributed by atoms with Gasteiger partial charge in [-0.25, -0.2) is 0 Å². The van der Waals surface area contributed by atoms with Gasteiger partial charge in [0.1, 0.15) is 0 Å². The van der Waals surface area contributed by atoms with E-state index < -0.39 is 0 Å². The minimum atomic E-state index is -0.0509. The third-order valence-electron chi connectivity index (χ3n) is 5.27. The first-order valence-electron chi connectivity index (χ1n) is 9.85. The molecular weight excluding hydrogens is 505 g/mol. The fraction of sp³-hybridized carbons (Fsp3) is 0.318. The Morgan fingerprint density at radius 2 is 1.80 bits per heavy atom. The van der Waals surface area contributed by atoms with Crippen molar-refractivity contribution in [2.45, 2.75) is 43.3 Å². The molecule has 0 N–H and O–H groups in total. The maximum absolute atomic E-state index is 12.7. The third-order valence-corrected chi connectivity index (χ3v) is 7.29. The van der Waals surface area contributed by atoms with Crippen molar-refractivity contribution in [3.8, 4) is 11.4 Å². The molecule has 0 amide bonds. The summed E-state index contributed by atoms with van der Waals surface area (Å²) in [7, 11) is 0. The van der Waals surface area contributed by atoms with Crippen LogP contribution in [-0.4, -0.2) is 26.3 Å². The van der Waals surface area contributed by atoms with Crippen molar-refractivity contribution in [1.29, 1.82) is 0 Å². The zero-order valence-electron chi connectivity index (χ0n) is 16.2. The molecule has 8 heteroatoms. The molecule has 1 heterocycles. The topological polar surface area (TPSA) is 47.8 Å². The molecule has 1 fully saturated rings. The van der Waals surface area contributed by atoms with Crippen molar-refractivity contribution in [2.75, 3.05) is 5.75 Å². The molecule has 1 aromatic heterocycles. The van der Waals surface area contributed by atoms with Gasteiger partial charge >= 0.3 is 0 Å². The molecule has 0 radical (unpaired) electrons. The van der Waals surface area contributed by atoms with Crippen LogP contribution in [0, 0.1) is 0 Å². The maximum Gasteiger partial charge on any atom is 0.192 e. The van der Waals surface area contributed by atoms with Gasteiger partial charge in [-0.2, -0.15) is 0 Å².